The minimum absolute atomic E-state index is 0.0897. The van der Waals surface area contributed by atoms with Gasteiger partial charge in [-0.1, -0.05) is 6.07 Å². The monoisotopic (exact) mass is 284 g/mol. The van der Waals surface area contributed by atoms with Gasteiger partial charge in [0.05, 0.1) is 12.4 Å². The first kappa shape index (κ1) is 14.2. The van der Waals surface area contributed by atoms with E-state index >= 15 is 0 Å². The maximum Gasteiger partial charge on any atom is 0.451 e. The summed E-state index contributed by atoms with van der Waals surface area (Å²) in [6, 6.07) is 3.41. The van der Waals surface area contributed by atoms with Gasteiger partial charge in [-0.05, 0) is 12.6 Å². The number of alkyl halides is 3. The topological polar surface area (TPSA) is 59.9 Å². The Kier molecular flexibility index (Phi) is 4.14. The van der Waals surface area contributed by atoms with E-state index in [0.717, 1.165) is 18.0 Å². The summed E-state index contributed by atoms with van der Waals surface area (Å²) in [7, 11) is 1.81. The zero-order valence-electron chi connectivity index (χ0n) is 10.5. The second kappa shape index (κ2) is 5.83. The highest BCUT2D eigenvalue weighted by Gasteiger charge is 2.34. The van der Waals surface area contributed by atoms with Gasteiger partial charge < -0.3 is 10.1 Å². The summed E-state index contributed by atoms with van der Waals surface area (Å²) in [5.74, 6) is -0.859. The molecular formula is C12H11F3N4O. The summed E-state index contributed by atoms with van der Waals surface area (Å²) >= 11 is 0. The molecule has 2 rings (SSSR count). The van der Waals surface area contributed by atoms with Crippen molar-refractivity contribution >= 4 is 0 Å². The lowest BCUT2D eigenvalue weighted by molar-refractivity contribution is -0.145. The molecule has 1 N–H and O–H groups in total. The molecule has 0 aromatic carbocycles. The lowest BCUT2D eigenvalue weighted by atomic mass is 10.3. The number of nitrogens with zero attached hydrogens (tertiary/aromatic N) is 3. The molecule has 0 radical (unpaired) electrons. The summed E-state index contributed by atoms with van der Waals surface area (Å²) < 4.78 is 42.1. The van der Waals surface area contributed by atoms with E-state index in [0.29, 0.717) is 6.54 Å². The third kappa shape index (κ3) is 3.64. The summed E-state index contributed by atoms with van der Waals surface area (Å²) in [4.78, 5) is 10.4. The Labute approximate surface area is 112 Å². The van der Waals surface area contributed by atoms with Crippen LogP contribution < -0.4 is 10.1 Å². The first-order valence-electron chi connectivity index (χ1n) is 5.65. The minimum atomic E-state index is -4.56. The number of rotatable bonds is 4. The Balaban J connectivity index is 2.06. The third-order valence-electron chi connectivity index (χ3n) is 2.28. The lowest BCUT2D eigenvalue weighted by Gasteiger charge is -2.07. The van der Waals surface area contributed by atoms with E-state index in [2.05, 4.69) is 20.3 Å². The second-order valence-electron chi connectivity index (χ2n) is 3.88. The van der Waals surface area contributed by atoms with Crippen LogP contribution in [0.4, 0.5) is 13.2 Å². The van der Waals surface area contributed by atoms with E-state index in [4.69, 9.17) is 4.74 Å². The fourth-order valence-corrected chi connectivity index (χ4v) is 1.42. The number of halogens is 3. The lowest BCUT2D eigenvalue weighted by Crippen LogP contribution is -2.10. The molecule has 0 saturated heterocycles. The van der Waals surface area contributed by atoms with E-state index in [-0.39, 0.29) is 11.6 Å². The fourth-order valence-electron chi connectivity index (χ4n) is 1.42. The quantitative estimate of drug-likeness (QED) is 0.934. The van der Waals surface area contributed by atoms with Gasteiger partial charge in [-0.25, -0.2) is 15.0 Å². The molecule has 106 valence electrons. The molecule has 5 nitrogen and oxygen atoms in total. The van der Waals surface area contributed by atoms with Crippen molar-refractivity contribution in [3.05, 3.63) is 42.1 Å². The van der Waals surface area contributed by atoms with Gasteiger partial charge in [-0.15, -0.1) is 0 Å². The highest BCUT2D eigenvalue weighted by atomic mass is 19.4. The van der Waals surface area contributed by atoms with Crippen LogP contribution in [0.3, 0.4) is 0 Å². The maximum absolute atomic E-state index is 12.3. The van der Waals surface area contributed by atoms with Crippen molar-refractivity contribution in [1.29, 1.82) is 0 Å². The molecule has 0 saturated carbocycles. The predicted octanol–water partition coefficient (Wildman–Crippen LogP) is 2.40. The Morgan fingerprint density at radius 3 is 2.30 bits per heavy atom. The predicted molar refractivity (Wildman–Crippen MR) is 64.1 cm³/mol. The second-order valence-corrected chi connectivity index (χ2v) is 3.88. The van der Waals surface area contributed by atoms with Crippen LogP contribution in [0.1, 0.15) is 11.4 Å². The van der Waals surface area contributed by atoms with E-state index < -0.39 is 12.0 Å². The van der Waals surface area contributed by atoms with Crippen molar-refractivity contribution in [3.63, 3.8) is 0 Å². The Morgan fingerprint density at radius 2 is 1.80 bits per heavy atom. The van der Waals surface area contributed by atoms with Crippen molar-refractivity contribution in [2.24, 2.45) is 0 Å². The fraction of sp³-hybridized carbons (Fsp3) is 0.250. The largest absolute Gasteiger partial charge is 0.451 e. The number of hydrogen-bond acceptors (Lipinski definition) is 5. The number of aromatic nitrogens is 3. The number of pyridine rings is 1. The van der Waals surface area contributed by atoms with Crippen molar-refractivity contribution in [2.45, 2.75) is 12.7 Å². The SMILES string of the molecule is CNCc1ccc(Oc2cnc(C(F)(F)F)nc2)nc1. The highest BCUT2D eigenvalue weighted by molar-refractivity contribution is 5.24. The molecule has 0 bridgehead atoms. The van der Waals surface area contributed by atoms with Gasteiger partial charge in [0, 0.05) is 18.8 Å². The average Bonchev–Trinajstić information content (AvgIpc) is 2.41. The van der Waals surface area contributed by atoms with Gasteiger partial charge in [0.25, 0.3) is 0 Å². The molecule has 0 spiro atoms. The van der Waals surface area contributed by atoms with E-state index in [1.165, 1.54) is 0 Å². The van der Waals surface area contributed by atoms with E-state index in [1.807, 2.05) is 7.05 Å². The van der Waals surface area contributed by atoms with Crippen molar-refractivity contribution in [3.8, 4) is 11.6 Å². The van der Waals surface area contributed by atoms with Crippen LogP contribution in [-0.2, 0) is 12.7 Å². The van der Waals surface area contributed by atoms with Gasteiger partial charge in [-0.2, -0.15) is 13.2 Å². The van der Waals surface area contributed by atoms with Gasteiger partial charge in [-0.3, -0.25) is 0 Å². The Bertz CT molecular complexity index is 554. The molecule has 2 heterocycles. The molecule has 2 aromatic heterocycles. The standard InChI is InChI=1S/C12H11F3N4O/c1-16-4-8-2-3-10(17-5-8)20-9-6-18-11(19-7-9)12(13,14)15/h2-3,5-7,16H,4H2,1H3. The van der Waals surface area contributed by atoms with Gasteiger partial charge >= 0.3 is 6.18 Å². The van der Waals surface area contributed by atoms with Gasteiger partial charge in [0.1, 0.15) is 0 Å². The molecule has 0 fully saturated rings. The maximum atomic E-state index is 12.3. The van der Waals surface area contributed by atoms with Crippen LogP contribution in [0, 0.1) is 0 Å². The number of hydrogen-bond donors (Lipinski definition) is 1. The molecule has 0 aliphatic carbocycles. The van der Waals surface area contributed by atoms with Crippen LogP contribution in [0.15, 0.2) is 30.7 Å². The summed E-state index contributed by atoms with van der Waals surface area (Å²) in [5, 5.41) is 2.97. The normalized spacial score (nSPS) is 11.4. The van der Waals surface area contributed by atoms with Crippen molar-refractivity contribution in [2.75, 3.05) is 7.05 Å². The zero-order valence-corrected chi connectivity index (χ0v) is 10.5. The molecule has 0 atom stereocenters. The molecule has 2 aromatic rings. The van der Waals surface area contributed by atoms with Crippen LogP contribution in [-0.4, -0.2) is 22.0 Å². The molecule has 20 heavy (non-hydrogen) atoms. The first-order valence-corrected chi connectivity index (χ1v) is 5.65. The molecule has 0 unspecified atom stereocenters. The molecular weight excluding hydrogens is 273 g/mol. The van der Waals surface area contributed by atoms with E-state index in [1.54, 1.807) is 18.3 Å². The minimum Gasteiger partial charge on any atom is -0.436 e. The first-order chi connectivity index (χ1) is 9.49. The van der Waals surface area contributed by atoms with Crippen molar-refractivity contribution in [1.82, 2.24) is 20.3 Å². The molecule has 0 aliphatic rings. The van der Waals surface area contributed by atoms with E-state index in [9.17, 15) is 13.2 Å². The molecule has 8 heteroatoms. The smallest absolute Gasteiger partial charge is 0.436 e. The van der Waals surface area contributed by atoms with Crippen LogP contribution in [0.2, 0.25) is 0 Å². The Morgan fingerprint density at radius 1 is 1.10 bits per heavy atom. The van der Waals surface area contributed by atoms with Crippen LogP contribution in [0.25, 0.3) is 0 Å². The zero-order chi connectivity index (χ0) is 14.6. The van der Waals surface area contributed by atoms with Gasteiger partial charge in [0.2, 0.25) is 11.7 Å². The Hall–Kier alpha value is -2.22. The summed E-state index contributed by atoms with van der Waals surface area (Å²) in [5.41, 5.74) is 0.962. The number of nitrogens with one attached hydrogen (secondary N) is 1. The number of ether oxygens (including phenoxy) is 1. The third-order valence-corrected chi connectivity index (χ3v) is 2.28. The van der Waals surface area contributed by atoms with Crippen LogP contribution >= 0.6 is 0 Å². The summed E-state index contributed by atoms with van der Waals surface area (Å²) in [6.45, 7) is 0.663. The van der Waals surface area contributed by atoms with Crippen molar-refractivity contribution < 1.29 is 17.9 Å². The van der Waals surface area contributed by atoms with Crippen LogP contribution in [0.5, 0.6) is 11.6 Å². The van der Waals surface area contributed by atoms with Gasteiger partial charge in [0.15, 0.2) is 5.75 Å². The molecule has 0 amide bonds. The molecule has 0 aliphatic heterocycles. The summed E-state index contributed by atoms with van der Waals surface area (Å²) in [6.07, 6.45) is -1.04. The highest BCUT2D eigenvalue weighted by Crippen LogP contribution is 2.27. The average molecular weight is 284 g/mol.